The Morgan fingerprint density at radius 3 is 2.51 bits per heavy atom. The number of benzene rings is 1. The number of ether oxygens (including phenoxy) is 2. The van der Waals surface area contributed by atoms with Crippen LogP contribution in [0.4, 0.5) is 0 Å². The van der Waals surface area contributed by atoms with Gasteiger partial charge in [0.15, 0.2) is 11.5 Å². The lowest BCUT2D eigenvalue weighted by molar-refractivity contribution is -0.277. The van der Waals surface area contributed by atoms with Crippen LogP contribution in [0.15, 0.2) is 12.1 Å². The molecule has 1 spiro atoms. The zero-order valence-corrected chi connectivity index (χ0v) is 22.8. The van der Waals surface area contributed by atoms with Crippen LogP contribution < -0.4 is 4.74 Å². The average molecular weight is 484 g/mol. The van der Waals surface area contributed by atoms with Crippen LogP contribution in [0.3, 0.4) is 0 Å². The highest BCUT2D eigenvalue weighted by Crippen LogP contribution is 2.73. The number of piperidine rings is 1. The second-order valence-corrected chi connectivity index (χ2v) is 13.9. The lowest BCUT2D eigenvalue weighted by Gasteiger charge is -2.71. The van der Waals surface area contributed by atoms with E-state index in [2.05, 4.69) is 45.6 Å². The summed E-state index contributed by atoms with van der Waals surface area (Å²) in [6, 6.07) is 4.37. The van der Waals surface area contributed by atoms with Crippen molar-refractivity contribution in [2.75, 3.05) is 20.2 Å². The minimum absolute atomic E-state index is 0.0893. The molecule has 2 heterocycles. The van der Waals surface area contributed by atoms with E-state index in [4.69, 9.17) is 9.47 Å². The molecule has 0 aromatic heterocycles. The zero-order valence-electron chi connectivity index (χ0n) is 22.8. The van der Waals surface area contributed by atoms with E-state index in [1.165, 1.54) is 30.5 Å². The predicted molar refractivity (Wildman–Crippen MR) is 137 cm³/mol. The van der Waals surface area contributed by atoms with Crippen molar-refractivity contribution in [1.82, 2.24) is 4.90 Å². The topological polar surface area (TPSA) is 62.2 Å². The molecular formula is C30H45NO4. The van der Waals surface area contributed by atoms with Crippen LogP contribution >= 0.6 is 0 Å². The largest absolute Gasteiger partial charge is 0.504 e. The van der Waals surface area contributed by atoms with E-state index in [1.807, 2.05) is 20.1 Å². The van der Waals surface area contributed by atoms with E-state index >= 15 is 0 Å². The lowest BCUT2D eigenvalue weighted by atomic mass is 9.38. The Kier molecular flexibility index (Phi) is 4.93. The van der Waals surface area contributed by atoms with Gasteiger partial charge in [-0.1, -0.05) is 40.7 Å². The molecular weight excluding hydrogens is 438 g/mol. The molecule has 2 N–H and O–H groups in total. The summed E-state index contributed by atoms with van der Waals surface area (Å²) in [5.41, 5.74) is 0.332. The van der Waals surface area contributed by atoms with Crippen molar-refractivity contribution < 1.29 is 19.7 Å². The number of aromatic hydroxyl groups is 1. The van der Waals surface area contributed by atoms with Crippen molar-refractivity contribution >= 4 is 0 Å². The molecule has 2 bridgehead atoms. The van der Waals surface area contributed by atoms with Crippen LogP contribution in [-0.2, 0) is 16.6 Å². The maximum absolute atomic E-state index is 12.3. The number of nitrogens with zero attached hydrogens (tertiary/aromatic N) is 1. The summed E-state index contributed by atoms with van der Waals surface area (Å²) < 4.78 is 13.5. The van der Waals surface area contributed by atoms with Gasteiger partial charge in [-0.3, -0.25) is 4.90 Å². The Bertz CT molecular complexity index is 1040. The predicted octanol–water partition coefficient (Wildman–Crippen LogP) is 5.05. The Morgan fingerprint density at radius 1 is 1.20 bits per heavy atom. The molecule has 3 aliphatic carbocycles. The highest BCUT2D eigenvalue weighted by molar-refractivity contribution is 5.62. The van der Waals surface area contributed by atoms with Gasteiger partial charge in [0.2, 0.25) is 0 Å². The number of methoxy groups -OCH3 is 1. The monoisotopic (exact) mass is 483 g/mol. The van der Waals surface area contributed by atoms with Gasteiger partial charge in [-0.15, -0.1) is 0 Å². The molecule has 35 heavy (non-hydrogen) atoms. The van der Waals surface area contributed by atoms with Gasteiger partial charge < -0.3 is 19.7 Å². The fraction of sp³-hybridized carbons (Fsp3) is 0.800. The van der Waals surface area contributed by atoms with Crippen LogP contribution in [0.25, 0.3) is 0 Å². The summed E-state index contributed by atoms with van der Waals surface area (Å²) in [5.74, 6) is 1.66. The SMILES string of the molecule is CC[C@@]1(OC)[C@@H]([C@](C)(O)C(C)(C)C)C[C@]2(C)[C@H]3Cc4ccc(O)c5c4[C@@]2(CCN3CC2CC2)[C@H]1O5. The number of phenolic OH excluding ortho intramolecular Hbond substituents is 1. The summed E-state index contributed by atoms with van der Waals surface area (Å²) in [7, 11) is 1.81. The first-order valence-corrected chi connectivity index (χ1v) is 13.9. The lowest BCUT2D eigenvalue weighted by Crippen LogP contribution is -2.79. The van der Waals surface area contributed by atoms with E-state index in [0.29, 0.717) is 11.8 Å². The molecule has 5 nitrogen and oxygen atoms in total. The summed E-state index contributed by atoms with van der Waals surface area (Å²) in [4.78, 5) is 2.78. The maximum Gasteiger partial charge on any atom is 0.165 e. The third-order valence-electron chi connectivity index (χ3n) is 11.7. The summed E-state index contributed by atoms with van der Waals surface area (Å²) in [6.45, 7) is 15.4. The first kappa shape index (κ1) is 24.1. The fourth-order valence-electron chi connectivity index (χ4n) is 9.09. The van der Waals surface area contributed by atoms with Crippen molar-refractivity contribution in [2.45, 2.75) is 109 Å². The van der Waals surface area contributed by atoms with Gasteiger partial charge in [-0.25, -0.2) is 0 Å². The molecule has 6 rings (SSSR count). The summed E-state index contributed by atoms with van der Waals surface area (Å²) in [5, 5.41) is 23.3. The van der Waals surface area contributed by atoms with E-state index in [0.717, 1.165) is 38.1 Å². The van der Waals surface area contributed by atoms with Crippen LogP contribution in [-0.4, -0.2) is 58.7 Å². The second kappa shape index (κ2) is 7.17. The number of likely N-dealkylation sites (tertiary alicyclic amines) is 1. The Hall–Kier alpha value is -1.30. The van der Waals surface area contributed by atoms with Crippen LogP contribution in [0, 0.1) is 22.7 Å². The molecule has 2 saturated carbocycles. The number of hydrogen-bond acceptors (Lipinski definition) is 5. The smallest absolute Gasteiger partial charge is 0.165 e. The molecule has 3 fully saturated rings. The molecule has 5 aliphatic rings. The Labute approximate surface area is 211 Å². The molecule has 0 amide bonds. The fourth-order valence-corrected chi connectivity index (χ4v) is 9.09. The Morgan fingerprint density at radius 2 is 1.91 bits per heavy atom. The van der Waals surface area contributed by atoms with Gasteiger partial charge in [0, 0.05) is 36.6 Å². The van der Waals surface area contributed by atoms with Gasteiger partial charge in [-0.05, 0) is 80.4 Å². The number of phenols is 1. The van der Waals surface area contributed by atoms with Gasteiger partial charge in [0.1, 0.15) is 11.7 Å². The molecule has 2 aliphatic heterocycles. The van der Waals surface area contributed by atoms with E-state index < -0.39 is 11.2 Å². The van der Waals surface area contributed by atoms with Gasteiger partial charge in [-0.2, -0.15) is 0 Å². The van der Waals surface area contributed by atoms with E-state index in [-0.39, 0.29) is 34.0 Å². The van der Waals surface area contributed by atoms with Gasteiger partial charge in [0.05, 0.1) is 5.60 Å². The minimum atomic E-state index is -0.959. The van der Waals surface area contributed by atoms with Crippen molar-refractivity contribution in [3.63, 3.8) is 0 Å². The molecule has 0 unspecified atom stereocenters. The first-order valence-electron chi connectivity index (χ1n) is 13.9. The normalized spacial score (nSPS) is 41.8. The third kappa shape index (κ3) is 2.76. The average Bonchev–Trinajstić information content (AvgIpc) is 3.53. The van der Waals surface area contributed by atoms with E-state index in [1.54, 1.807) is 0 Å². The van der Waals surface area contributed by atoms with Gasteiger partial charge >= 0.3 is 0 Å². The highest BCUT2D eigenvalue weighted by atomic mass is 16.6. The standard InChI is InChI=1S/C30H45NO4/c1-8-30(34-7)21(28(6,33)26(2,3)4)16-27(5)22-15-19-11-12-20(32)24-23(19)29(27,25(30)35-24)13-14-31(22)17-18-9-10-18/h11-12,18,21-22,25,32-33H,8-10,13-17H2,1-7H3/t21-,22-,25-,27-,28+,29+,30-/m1/s1. The molecule has 1 aromatic rings. The molecule has 7 atom stereocenters. The van der Waals surface area contributed by atoms with Crippen molar-refractivity contribution in [3.05, 3.63) is 23.3 Å². The second-order valence-electron chi connectivity index (χ2n) is 13.9. The van der Waals surface area contributed by atoms with Crippen molar-refractivity contribution in [3.8, 4) is 11.5 Å². The highest BCUT2D eigenvalue weighted by Gasteiger charge is 2.78. The Balaban J connectivity index is 1.60. The zero-order chi connectivity index (χ0) is 25.2. The molecule has 194 valence electrons. The van der Waals surface area contributed by atoms with Crippen LogP contribution in [0.5, 0.6) is 11.5 Å². The number of rotatable bonds is 5. The molecule has 0 radical (unpaired) electrons. The van der Waals surface area contributed by atoms with Crippen LogP contribution in [0.2, 0.25) is 0 Å². The van der Waals surface area contributed by atoms with Crippen molar-refractivity contribution in [1.29, 1.82) is 0 Å². The minimum Gasteiger partial charge on any atom is -0.504 e. The van der Waals surface area contributed by atoms with E-state index in [9.17, 15) is 10.2 Å². The summed E-state index contributed by atoms with van der Waals surface area (Å²) >= 11 is 0. The number of aliphatic hydroxyl groups is 1. The first-order chi connectivity index (χ1) is 16.4. The molecule has 1 saturated heterocycles. The molecule has 1 aromatic carbocycles. The van der Waals surface area contributed by atoms with Crippen LogP contribution in [0.1, 0.15) is 84.8 Å². The van der Waals surface area contributed by atoms with Gasteiger partial charge in [0.25, 0.3) is 0 Å². The molecule has 5 heteroatoms. The van der Waals surface area contributed by atoms with Crippen molar-refractivity contribution in [2.24, 2.45) is 22.7 Å². The summed E-state index contributed by atoms with van der Waals surface area (Å²) in [6.07, 6.45) is 6.11. The number of hydrogen-bond donors (Lipinski definition) is 2. The quantitative estimate of drug-likeness (QED) is 0.614. The maximum atomic E-state index is 12.3. The third-order valence-corrected chi connectivity index (χ3v) is 11.7.